The van der Waals surface area contributed by atoms with E-state index in [0.29, 0.717) is 34.1 Å². The summed E-state index contributed by atoms with van der Waals surface area (Å²) in [6.07, 6.45) is 2.50. The van der Waals surface area contributed by atoms with Gasteiger partial charge in [-0.05, 0) is 49.4 Å². The summed E-state index contributed by atoms with van der Waals surface area (Å²) in [6.45, 7) is 5.08. The van der Waals surface area contributed by atoms with Crippen LogP contribution < -0.4 is 5.56 Å². The monoisotopic (exact) mass is 476 g/mol. The summed E-state index contributed by atoms with van der Waals surface area (Å²) in [7, 11) is 1.31. The molecule has 4 rings (SSSR count). The number of aromatic nitrogens is 2. The van der Waals surface area contributed by atoms with Crippen molar-refractivity contribution in [1.29, 1.82) is 0 Å². The highest BCUT2D eigenvalue weighted by atomic mass is 32.2. The largest absolute Gasteiger partial charge is 0.468 e. The number of rotatable bonds is 7. The minimum atomic E-state index is -0.785. The van der Waals surface area contributed by atoms with Crippen molar-refractivity contribution >= 4 is 39.3 Å². The van der Waals surface area contributed by atoms with Gasteiger partial charge < -0.3 is 9.47 Å². The number of carbonyl (C=O) groups is 1. The van der Waals surface area contributed by atoms with Gasteiger partial charge in [-0.15, -0.1) is 11.3 Å². The number of hydrogen-bond donors (Lipinski definition) is 0. The maximum Gasteiger partial charge on any atom is 0.323 e. The van der Waals surface area contributed by atoms with E-state index in [1.165, 1.54) is 30.6 Å². The molecule has 0 N–H and O–H groups in total. The first-order chi connectivity index (χ1) is 15.4. The molecule has 1 aliphatic heterocycles. The Balaban J connectivity index is 1.84. The number of thioether (sulfide) groups is 1. The van der Waals surface area contributed by atoms with Gasteiger partial charge in [0.05, 0.1) is 25.1 Å². The summed E-state index contributed by atoms with van der Waals surface area (Å²) >= 11 is 2.64. The summed E-state index contributed by atoms with van der Waals surface area (Å²) in [4.78, 5) is 32.8. The van der Waals surface area contributed by atoms with E-state index in [-0.39, 0.29) is 11.7 Å². The Bertz CT molecular complexity index is 1180. The third-order valence-electron chi connectivity index (χ3n) is 5.65. The Hall–Kier alpha value is -2.23. The van der Waals surface area contributed by atoms with Crippen molar-refractivity contribution in [2.75, 3.05) is 13.7 Å². The summed E-state index contributed by atoms with van der Waals surface area (Å²) in [5.74, 6) is -0.880. The number of benzene rings is 1. The highest BCUT2D eigenvalue weighted by molar-refractivity contribution is 8.00. The van der Waals surface area contributed by atoms with Crippen LogP contribution in [-0.4, -0.2) is 35.3 Å². The van der Waals surface area contributed by atoms with Crippen molar-refractivity contribution < 1.29 is 18.7 Å². The molecule has 3 heterocycles. The van der Waals surface area contributed by atoms with Gasteiger partial charge >= 0.3 is 5.97 Å². The van der Waals surface area contributed by atoms with E-state index in [1.54, 1.807) is 16.7 Å². The molecule has 3 aromatic rings. The molecule has 6 nitrogen and oxygen atoms in total. The zero-order valence-corrected chi connectivity index (χ0v) is 19.9. The quantitative estimate of drug-likeness (QED) is 0.281. The van der Waals surface area contributed by atoms with Crippen LogP contribution in [0.15, 0.2) is 34.2 Å². The van der Waals surface area contributed by atoms with E-state index in [1.807, 2.05) is 13.8 Å². The first-order valence-electron chi connectivity index (χ1n) is 10.6. The lowest BCUT2D eigenvalue weighted by Gasteiger charge is -2.19. The summed E-state index contributed by atoms with van der Waals surface area (Å²) in [6, 6.07) is 5.71. The van der Waals surface area contributed by atoms with Gasteiger partial charge in [-0.3, -0.25) is 14.2 Å². The predicted molar refractivity (Wildman–Crippen MR) is 124 cm³/mol. The SMILES string of the molecule is CCc1c(C)sc2nc(S[C@@H](C(=O)OC)c3ccc(F)cc3)n(C[C@H]3CCCO3)c(=O)c12. The molecule has 1 saturated heterocycles. The van der Waals surface area contributed by atoms with E-state index >= 15 is 0 Å². The molecule has 9 heteroatoms. The maximum atomic E-state index is 13.6. The predicted octanol–water partition coefficient (Wildman–Crippen LogP) is 4.65. The van der Waals surface area contributed by atoms with Gasteiger partial charge in [0.2, 0.25) is 0 Å². The highest BCUT2D eigenvalue weighted by Gasteiger charge is 2.28. The number of carbonyl (C=O) groups excluding carboxylic acids is 1. The molecule has 2 aromatic heterocycles. The third-order valence-corrected chi connectivity index (χ3v) is 7.92. The van der Waals surface area contributed by atoms with Crippen LogP contribution in [0.3, 0.4) is 0 Å². The first kappa shape index (κ1) is 22.9. The van der Waals surface area contributed by atoms with Crippen molar-refractivity contribution in [3.05, 3.63) is 56.4 Å². The standard InChI is InChI=1S/C23H25FN2O4S2/c1-4-17-13(2)31-20-18(17)21(27)26(12-16-6-5-11-30-16)23(25-20)32-19(22(28)29-3)14-7-9-15(24)10-8-14/h7-10,16,19H,4-6,11-12H2,1-3H3/t16-,19-/m1/s1. The van der Waals surface area contributed by atoms with Crippen LogP contribution in [0.4, 0.5) is 4.39 Å². The minimum Gasteiger partial charge on any atom is -0.468 e. The Morgan fingerprint density at radius 1 is 1.41 bits per heavy atom. The molecule has 0 unspecified atom stereocenters. The van der Waals surface area contributed by atoms with Crippen molar-refractivity contribution in [3.8, 4) is 0 Å². The number of aryl methyl sites for hydroxylation is 2. The molecule has 0 radical (unpaired) electrons. The Kier molecular flexibility index (Phi) is 6.97. The normalized spacial score (nSPS) is 17.1. The van der Waals surface area contributed by atoms with Gasteiger partial charge in [-0.25, -0.2) is 9.37 Å². The second kappa shape index (κ2) is 9.72. The average Bonchev–Trinajstić information content (AvgIpc) is 3.41. The molecular weight excluding hydrogens is 451 g/mol. The second-order valence-electron chi connectivity index (χ2n) is 7.69. The number of methoxy groups -OCH3 is 1. The van der Waals surface area contributed by atoms with Crippen LogP contribution in [0.2, 0.25) is 0 Å². The van der Waals surface area contributed by atoms with Crippen LogP contribution in [0.25, 0.3) is 10.2 Å². The van der Waals surface area contributed by atoms with Gasteiger partial charge in [0, 0.05) is 11.5 Å². The van der Waals surface area contributed by atoms with E-state index < -0.39 is 17.0 Å². The van der Waals surface area contributed by atoms with E-state index in [9.17, 15) is 14.0 Å². The molecule has 1 aromatic carbocycles. The molecule has 0 amide bonds. The molecule has 0 spiro atoms. The lowest BCUT2D eigenvalue weighted by molar-refractivity contribution is -0.140. The third kappa shape index (κ3) is 4.46. The van der Waals surface area contributed by atoms with Gasteiger partial charge in [0.25, 0.3) is 5.56 Å². The van der Waals surface area contributed by atoms with E-state index in [2.05, 4.69) is 0 Å². The van der Waals surface area contributed by atoms with Crippen LogP contribution in [0, 0.1) is 12.7 Å². The fourth-order valence-corrected chi connectivity index (χ4v) is 6.29. The lowest BCUT2D eigenvalue weighted by Crippen LogP contribution is -2.29. The molecule has 0 aliphatic carbocycles. The first-order valence-corrected chi connectivity index (χ1v) is 12.3. The Labute approximate surface area is 193 Å². The zero-order valence-electron chi connectivity index (χ0n) is 18.2. The van der Waals surface area contributed by atoms with E-state index in [4.69, 9.17) is 14.5 Å². The molecule has 1 aliphatic rings. The molecule has 0 bridgehead atoms. The van der Waals surface area contributed by atoms with Crippen LogP contribution in [-0.2, 0) is 27.2 Å². The fraction of sp³-hybridized carbons (Fsp3) is 0.435. The maximum absolute atomic E-state index is 13.6. The van der Waals surface area contributed by atoms with Gasteiger partial charge in [0.1, 0.15) is 15.9 Å². The van der Waals surface area contributed by atoms with E-state index in [0.717, 1.165) is 41.5 Å². The second-order valence-corrected chi connectivity index (χ2v) is 9.96. The summed E-state index contributed by atoms with van der Waals surface area (Å²) in [5.41, 5.74) is 1.48. The number of nitrogens with zero attached hydrogens (tertiary/aromatic N) is 2. The van der Waals surface area contributed by atoms with Crippen LogP contribution >= 0.6 is 23.1 Å². The Morgan fingerprint density at radius 3 is 2.78 bits per heavy atom. The topological polar surface area (TPSA) is 70.4 Å². The number of ether oxygens (including phenoxy) is 2. The summed E-state index contributed by atoms with van der Waals surface area (Å²) < 4.78 is 25.9. The lowest BCUT2D eigenvalue weighted by atomic mass is 10.1. The number of halogens is 1. The van der Waals surface area contributed by atoms with Gasteiger partial charge in [0.15, 0.2) is 5.16 Å². The van der Waals surface area contributed by atoms with Crippen molar-refractivity contribution in [3.63, 3.8) is 0 Å². The smallest absolute Gasteiger partial charge is 0.323 e. The minimum absolute atomic E-state index is 0.0708. The van der Waals surface area contributed by atoms with Crippen LogP contribution in [0.5, 0.6) is 0 Å². The number of thiophene rings is 1. The molecule has 32 heavy (non-hydrogen) atoms. The number of esters is 1. The summed E-state index contributed by atoms with van der Waals surface area (Å²) in [5, 5.41) is 0.294. The van der Waals surface area contributed by atoms with Crippen molar-refractivity contribution in [2.45, 2.75) is 56.2 Å². The zero-order chi connectivity index (χ0) is 22.8. The molecule has 1 fully saturated rings. The number of hydrogen-bond acceptors (Lipinski definition) is 7. The molecular formula is C23H25FN2O4S2. The Morgan fingerprint density at radius 2 is 2.16 bits per heavy atom. The van der Waals surface area contributed by atoms with Gasteiger partial charge in [-0.2, -0.15) is 0 Å². The van der Waals surface area contributed by atoms with Crippen molar-refractivity contribution in [1.82, 2.24) is 9.55 Å². The average molecular weight is 477 g/mol. The molecule has 2 atom stereocenters. The fourth-order valence-electron chi connectivity index (χ4n) is 4.00. The molecule has 170 valence electrons. The number of fused-ring (bicyclic) bond motifs is 1. The van der Waals surface area contributed by atoms with Gasteiger partial charge in [-0.1, -0.05) is 30.8 Å². The highest BCUT2D eigenvalue weighted by Crippen LogP contribution is 2.37. The van der Waals surface area contributed by atoms with Crippen molar-refractivity contribution in [2.24, 2.45) is 0 Å². The molecule has 0 saturated carbocycles. The van der Waals surface area contributed by atoms with Crippen LogP contribution in [0.1, 0.15) is 41.0 Å².